The molecule has 0 aromatic heterocycles. The van der Waals surface area contributed by atoms with Crippen molar-refractivity contribution in [3.8, 4) is 0 Å². The van der Waals surface area contributed by atoms with Gasteiger partial charge in [-0.25, -0.2) is 13.4 Å². The maximum absolute atomic E-state index is 11.6. The fourth-order valence-electron chi connectivity index (χ4n) is 2.86. The van der Waals surface area contributed by atoms with Crippen LogP contribution < -0.4 is 0 Å². The van der Waals surface area contributed by atoms with Crippen molar-refractivity contribution in [2.24, 2.45) is 0 Å². The second-order valence-electron chi connectivity index (χ2n) is 5.59. The molecule has 0 unspecified atom stereocenters. The molecular weight excluding hydrogens is 264 g/mol. The molecule has 0 radical (unpaired) electrons. The number of hydrogen-bond donors (Lipinski definition) is 1. The Bertz CT molecular complexity index is 575. The second kappa shape index (κ2) is 4.11. The fraction of sp³-hybridized carbons (Fsp3) is 0.538. The molecule has 0 bridgehead atoms. The summed E-state index contributed by atoms with van der Waals surface area (Å²) in [6.07, 6.45) is 8.56. The first-order valence-electron chi connectivity index (χ1n) is 6.46. The zero-order valence-corrected chi connectivity index (χ0v) is 11.7. The monoisotopic (exact) mass is 282 g/mol. The molecule has 5 nitrogen and oxygen atoms in total. The molecule has 0 spiro atoms. The molecule has 0 saturated carbocycles. The lowest BCUT2D eigenvalue weighted by atomic mass is 9.94. The number of aliphatic hydroxyl groups excluding tert-OH is 1. The Kier molecular flexibility index (Phi) is 2.76. The van der Waals surface area contributed by atoms with Crippen molar-refractivity contribution in [2.75, 3.05) is 18.1 Å². The summed E-state index contributed by atoms with van der Waals surface area (Å²) >= 11 is 0. The summed E-state index contributed by atoms with van der Waals surface area (Å²) in [4.78, 5) is 0. The van der Waals surface area contributed by atoms with E-state index in [9.17, 15) is 13.5 Å². The third kappa shape index (κ3) is 2.19. The zero-order valence-electron chi connectivity index (χ0n) is 10.9. The SMILES string of the molecule is CC1(N2CC=C3C=C(O)C=CN32)CCS(=O)(=O)CC1. The molecule has 3 aliphatic rings. The summed E-state index contributed by atoms with van der Waals surface area (Å²) < 4.78 is 23.2. The number of allylic oxidation sites excluding steroid dienone is 2. The second-order valence-corrected chi connectivity index (χ2v) is 7.89. The van der Waals surface area contributed by atoms with Gasteiger partial charge in [0.05, 0.1) is 17.2 Å². The Morgan fingerprint density at radius 2 is 2.00 bits per heavy atom. The van der Waals surface area contributed by atoms with Gasteiger partial charge in [0.1, 0.15) is 15.6 Å². The smallest absolute Gasteiger partial charge is 0.150 e. The van der Waals surface area contributed by atoms with E-state index >= 15 is 0 Å². The van der Waals surface area contributed by atoms with Crippen LogP contribution >= 0.6 is 0 Å². The van der Waals surface area contributed by atoms with Crippen LogP contribution in [0.25, 0.3) is 0 Å². The summed E-state index contributed by atoms with van der Waals surface area (Å²) in [5.74, 6) is 0.766. The van der Waals surface area contributed by atoms with Crippen molar-refractivity contribution >= 4 is 9.84 Å². The highest BCUT2D eigenvalue weighted by atomic mass is 32.2. The van der Waals surface area contributed by atoms with Crippen molar-refractivity contribution in [1.29, 1.82) is 0 Å². The average molecular weight is 282 g/mol. The van der Waals surface area contributed by atoms with Crippen molar-refractivity contribution in [3.05, 3.63) is 35.9 Å². The van der Waals surface area contributed by atoms with Gasteiger partial charge in [-0.2, -0.15) is 0 Å². The Balaban J connectivity index is 1.80. The van der Waals surface area contributed by atoms with Gasteiger partial charge in [-0.1, -0.05) is 0 Å². The highest BCUT2D eigenvalue weighted by Gasteiger charge is 2.42. The molecule has 1 N–H and O–H groups in total. The van der Waals surface area contributed by atoms with Crippen LogP contribution in [-0.2, 0) is 9.84 Å². The molecular formula is C13H18N2O3S. The summed E-state index contributed by atoms with van der Waals surface area (Å²) in [7, 11) is -2.85. The van der Waals surface area contributed by atoms with Crippen LogP contribution in [0.2, 0.25) is 0 Å². The normalized spacial score (nSPS) is 28.8. The van der Waals surface area contributed by atoms with Gasteiger partial charge in [-0.15, -0.1) is 0 Å². The molecule has 0 amide bonds. The van der Waals surface area contributed by atoms with Gasteiger partial charge >= 0.3 is 0 Å². The minimum Gasteiger partial charge on any atom is -0.508 e. The van der Waals surface area contributed by atoms with E-state index < -0.39 is 9.84 Å². The highest BCUT2D eigenvalue weighted by molar-refractivity contribution is 7.91. The molecule has 1 saturated heterocycles. The lowest BCUT2D eigenvalue weighted by Crippen LogP contribution is -2.54. The molecule has 0 aromatic rings. The third-order valence-electron chi connectivity index (χ3n) is 4.21. The molecule has 0 aromatic carbocycles. The van der Waals surface area contributed by atoms with Crippen LogP contribution in [0.4, 0.5) is 0 Å². The minimum atomic E-state index is -2.85. The van der Waals surface area contributed by atoms with Crippen molar-refractivity contribution < 1.29 is 13.5 Å². The highest BCUT2D eigenvalue weighted by Crippen LogP contribution is 2.36. The number of fused-ring (bicyclic) bond motifs is 1. The molecule has 104 valence electrons. The van der Waals surface area contributed by atoms with Crippen LogP contribution in [0, 0.1) is 0 Å². The minimum absolute atomic E-state index is 0.144. The number of hydrazine groups is 1. The van der Waals surface area contributed by atoms with E-state index in [2.05, 4.69) is 11.9 Å². The van der Waals surface area contributed by atoms with Gasteiger partial charge in [0.25, 0.3) is 0 Å². The number of nitrogens with zero attached hydrogens (tertiary/aromatic N) is 2. The summed E-state index contributed by atoms with van der Waals surface area (Å²) in [5, 5.41) is 13.7. The summed E-state index contributed by atoms with van der Waals surface area (Å²) in [5.41, 5.74) is 0.809. The Hall–Kier alpha value is -1.27. The van der Waals surface area contributed by atoms with Crippen LogP contribution in [0.3, 0.4) is 0 Å². The molecule has 1 fully saturated rings. The Morgan fingerprint density at radius 3 is 2.68 bits per heavy atom. The lowest BCUT2D eigenvalue weighted by molar-refractivity contribution is -0.0274. The van der Waals surface area contributed by atoms with Crippen LogP contribution in [0.15, 0.2) is 35.9 Å². The first-order valence-corrected chi connectivity index (χ1v) is 8.28. The van der Waals surface area contributed by atoms with Gasteiger partial charge in [-0.05, 0) is 31.9 Å². The molecule has 0 aliphatic carbocycles. The topological polar surface area (TPSA) is 60.9 Å². The van der Waals surface area contributed by atoms with Crippen molar-refractivity contribution in [3.63, 3.8) is 0 Å². The quantitative estimate of drug-likeness (QED) is 0.786. The van der Waals surface area contributed by atoms with E-state index in [-0.39, 0.29) is 22.8 Å². The Morgan fingerprint density at radius 1 is 1.32 bits per heavy atom. The molecule has 19 heavy (non-hydrogen) atoms. The van der Waals surface area contributed by atoms with E-state index in [0.717, 1.165) is 12.2 Å². The number of sulfone groups is 1. The summed E-state index contributed by atoms with van der Waals surface area (Å²) in [6.45, 7) is 2.87. The van der Waals surface area contributed by atoms with Crippen LogP contribution in [-0.4, -0.2) is 47.1 Å². The molecule has 3 rings (SSSR count). The van der Waals surface area contributed by atoms with E-state index in [1.54, 1.807) is 12.2 Å². The number of rotatable bonds is 1. The molecule has 0 atom stereocenters. The van der Waals surface area contributed by atoms with Gasteiger partial charge in [0.15, 0.2) is 0 Å². The third-order valence-corrected chi connectivity index (χ3v) is 5.86. The predicted molar refractivity (Wildman–Crippen MR) is 72.8 cm³/mol. The zero-order chi connectivity index (χ0) is 13.7. The van der Waals surface area contributed by atoms with Crippen molar-refractivity contribution in [1.82, 2.24) is 10.0 Å². The fourth-order valence-corrected chi connectivity index (χ4v) is 4.56. The van der Waals surface area contributed by atoms with Gasteiger partial charge in [0.2, 0.25) is 0 Å². The lowest BCUT2D eigenvalue weighted by Gasteiger charge is -2.46. The molecule has 6 heteroatoms. The van der Waals surface area contributed by atoms with Crippen molar-refractivity contribution in [2.45, 2.75) is 25.3 Å². The molecule has 3 aliphatic heterocycles. The maximum Gasteiger partial charge on any atom is 0.150 e. The van der Waals surface area contributed by atoms with Gasteiger partial charge in [-0.3, -0.25) is 5.01 Å². The number of hydrogen-bond acceptors (Lipinski definition) is 5. The first-order chi connectivity index (χ1) is 8.90. The largest absolute Gasteiger partial charge is 0.508 e. The predicted octanol–water partition coefficient (Wildman–Crippen LogP) is 1.34. The van der Waals surface area contributed by atoms with Gasteiger partial charge < -0.3 is 5.11 Å². The average Bonchev–Trinajstić information content (AvgIpc) is 2.77. The molecule has 3 heterocycles. The maximum atomic E-state index is 11.6. The van der Waals surface area contributed by atoms with Crippen LogP contribution in [0.5, 0.6) is 0 Å². The van der Waals surface area contributed by atoms with E-state index in [0.29, 0.717) is 12.8 Å². The first kappa shape index (κ1) is 12.7. The number of aliphatic hydroxyl groups is 1. The van der Waals surface area contributed by atoms with Crippen LogP contribution in [0.1, 0.15) is 19.8 Å². The van der Waals surface area contributed by atoms with E-state index in [1.807, 2.05) is 17.3 Å². The standard InChI is InChI=1S/C13H18N2O3S/c1-13(4-8-19(17,18)9-5-13)15-7-2-11-10-12(16)3-6-14(11)15/h2-3,6,10,16H,4-5,7-9H2,1H3. The Labute approximate surface area is 113 Å². The summed E-state index contributed by atoms with van der Waals surface area (Å²) in [6, 6.07) is 0. The van der Waals surface area contributed by atoms with Gasteiger partial charge in [0, 0.05) is 24.4 Å². The van der Waals surface area contributed by atoms with E-state index in [1.165, 1.54) is 0 Å². The van der Waals surface area contributed by atoms with E-state index in [4.69, 9.17) is 0 Å².